The normalized spacial score (nSPS) is 19.4. The first-order valence-corrected chi connectivity index (χ1v) is 7.42. The first kappa shape index (κ1) is 15.7. The highest BCUT2D eigenvalue weighted by molar-refractivity contribution is 5.62. The van der Waals surface area contributed by atoms with Crippen LogP contribution in [0.4, 0.5) is 11.4 Å². The summed E-state index contributed by atoms with van der Waals surface area (Å²) in [5.74, 6) is 0.537. The predicted octanol–water partition coefficient (Wildman–Crippen LogP) is 2.23. The number of nitrogens with zero attached hydrogens (tertiary/aromatic N) is 2. The van der Waals surface area contributed by atoms with Crippen molar-refractivity contribution in [2.45, 2.75) is 25.8 Å². The molecule has 1 heterocycles. The average molecular weight is 293 g/mol. The number of hydrogen-bond acceptors (Lipinski definition) is 5. The van der Waals surface area contributed by atoms with Crippen molar-refractivity contribution in [3.05, 3.63) is 33.9 Å². The van der Waals surface area contributed by atoms with Crippen LogP contribution in [-0.4, -0.2) is 41.7 Å². The molecule has 0 radical (unpaired) electrons. The minimum Gasteiger partial charge on any atom is -0.396 e. The zero-order valence-electron chi connectivity index (χ0n) is 12.4. The Morgan fingerprint density at radius 2 is 2.33 bits per heavy atom. The summed E-state index contributed by atoms with van der Waals surface area (Å²) in [7, 11) is 1.69. The van der Waals surface area contributed by atoms with E-state index < -0.39 is 0 Å². The number of piperidine rings is 1. The molecule has 1 aliphatic heterocycles. The van der Waals surface area contributed by atoms with Gasteiger partial charge < -0.3 is 10.4 Å². The molecule has 0 saturated carbocycles. The molecule has 1 saturated heterocycles. The number of anilines is 1. The molecule has 0 aliphatic carbocycles. The van der Waals surface area contributed by atoms with Gasteiger partial charge in [-0.15, -0.1) is 0 Å². The largest absolute Gasteiger partial charge is 0.396 e. The summed E-state index contributed by atoms with van der Waals surface area (Å²) >= 11 is 0. The lowest BCUT2D eigenvalue weighted by atomic mass is 9.95. The van der Waals surface area contributed by atoms with E-state index in [4.69, 9.17) is 5.11 Å². The summed E-state index contributed by atoms with van der Waals surface area (Å²) in [6.45, 7) is 2.94. The number of aliphatic hydroxyl groups is 1. The lowest BCUT2D eigenvalue weighted by molar-refractivity contribution is -0.384. The van der Waals surface area contributed by atoms with E-state index in [0.717, 1.165) is 44.5 Å². The molecule has 0 spiro atoms. The van der Waals surface area contributed by atoms with Crippen molar-refractivity contribution in [3.63, 3.8) is 0 Å². The fourth-order valence-corrected chi connectivity index (χ4v) is 3.01. The summed E-state index contributed by atoms with van der Waals surface area (Å²) < 4.78 is 0. The molecule has 21 heavy (non-hydrogen) atoms. The second kappa shape index (κ2) is 7.38. The van der Waals surface area contributed by atoms with Gasteiger partial charge in [0, 0.05) is 32.8 Å². The van der Waals surface area contributed by atoms with E-state index in [1.165, 1.54) is 0 Å². The van der Waals surface area contributed by atoms with Gasteiger partial charge >= 0.3 is 0 Å². The Bertz CT molecular complexity index is 491. The molecule has 1 unspecified atom stereocenters. The molecule has 0 aromatic heterocycles. The third-order valence-corrected chi connectivity index (χ3v) is 4.07. The van der Waals surface area contributed by atoms with Gasteiger partial charge in [0.1, 0.15) is 5.69 Å². The average Bonchev–Trinajstić information content (AvgIpc) is 2.48. The summed E-state index contributed by atoms with van der Waals surface area (Å²) in [5, 5.41) is 23.0. The summed E-state index contributed by atoms with van der Waals surface area (Å²) in [6.07, 6.45) is 3.13. The third-order valence-electron chi connectivity index (χ3n) is 4.07. The molecule has 6 heteroatoms. The lowest BCUT2D eigenvalue weighted by Gasteiger charge is -2.32. The Labute approximate surface area is 124 Å². The molecular weight excluding hydrogens is 270 g/mol. The minimum absolute atomic E-state index is 0.124. The molecule has 0 bridgehead atoms. The Morgan fingerprint density at radius 3 is 3.00 bits per heavy atom. The molecule has 2 N–H and O–H groups in total. The molecule has 2 rings (SSSR count). The Morgan fingerprint density at radius 1 is 1.52 bits per heavy atom. The van der Waals surface area contributed by atoms with Gasteiger partial charge in [0.05, 0.1) is 4.92 Å². The van der Waals surface area contributed by atoms with Gasteiger partial charge in [-0.3, -0.25) is 15.0 Å². The van der Waals surface area contributed by atoms with Crippen LogP contribution in [0.2, 0.25) is 0 Å². The standard InChI is InChI=1S/C15H23N3O3/c1-16-14-5-4-13(9-15(14)18(20)21)11-17-7-2-3-12(10-17)6-8-19/h4-5,9,12,16,19H,2-3,6-8,10-11H2,1H3. The zero-order valence-corrected chi connectivity index (χ0v) is 12.4. The first-order valence-electron chi connectivity index (χ1n) is 7.42. The summed E-state index contributed by atoms with van der Waals surface area (Å²) in [4.78, 5) is 13.1. The smallest absolute Gasteiger partial charge is 0.292 e. The van der Waals surface area contributed by atoms with Gasteiger partial charge in [-0.1, -0.05) is 6.07 Å². The van der Waals surface area contributed by atoms with E-state index >= 15 is 0 Å². The number of nitrogens with one attached hydrogen (secondary N) is 1. The van der Waals surface area contributed by atoms with Gasteiger partial charge in [0.25, 0.3) is 5.69 Å². The van der Waals surface area contributed by atoms with Crippen LogP contribution in [0.15, 0.2) is 18.2 Å². The fourth-order valence-electron chi connectivity index (χ4n) is 3.01. The van der Waals surface area contributed by atoms with Gasteiger partial charge in [0.15, 0.2) is 0 Å². The van der Waals surface area contributed by atoms with Crippen LogP contribution in [0.5, 0.6) is 0 Å². The molecule has 1 aliphatic rings. The minimum atomic E-state index is -0.347. The monoisotopic (exact) mass is 293 g/mol. The molecule has 0 amide bonds. The van der Waals surface area contributed by atoms with Crippen molar-refractivity contribution in [2.75, 3.05) is 32.1 Å². The predicted molar refractivity (Wildman–Crippen MR) is 82.3 cm³/mol. The second-order valence-corrected chi connectivity index (χ2v) is 5.61. The highest BCUT2D eigenvalue weighted by Crippen LogP contribution is 2.27. The quantitative estimate of drug-likeness (QED) is 0.621. The third kappa shape index (κ3) is 4.15. The Kier molecular flexibility index (Phi) is 5.52. The van der Waals surface area contributed by atoms with Crippen LogP contribution in [0.3, 0.4) is 0 Å². The van der Waals surface area contributed by atoms with E-state index in [2.05, 4.69) is 10.2 Å². The highest BCUT2D eigenvalue weighted by Gasteiger charge is 2.20. The summed E-state index contributed by atoms with van der Waals surface area (Å²) in [6, 6.07) is 5.36. The van der Waals surface area contributed by atoms with Crippen molar-refractivity contribution in [2.24, 2.45) is 5.92 Å². The van der Waals surface area contributed by atoms with Crippen LogP contribution in [0, 0.1) is 16.0 Å². The maximum absolute atomic E-state index is 11.1. The van der Waals surface area contributed by atoms with E-state index in [-0.39, 0.29) is 17.2 Å². The maximum atomic E-state index is 11.1. The van der Waals surface area contributed by atoms with Crippen molar-refractivity contribution in [3.8, 4) is 0 Å². The number of aliphatic hydroxyl groups excluding tert-OH is 1. The molecule has 1 atom stereocenters. The lowest BCUT2D eigenvalue weighted by Crippen LogP contribution is -2.35. The topological polar surface area (TPSA) is 78.6 Å². The maximum Gasteiger partial charge on any atom is 0.292 e. The van der Waals surface area contributed by atoms with Gasteiger partial charge in [0.2, 0.25) is 0 Å². The number of benzene rings is 1. The number of rotatable bonds is 6. The van der Waals surface area contributed by atoms with Crippen molar-refractivity contribution >= 4 is 11.4 Å². The van der Waals surface area contributed by atoms with E-state index in [1.807, 2.05) is 6.07 Å². The van der Waals surface area contributed by atoms with Crippen molar-refractivity contribution in [1.82, 2.24) is 4.90 Å². The van der Waals surface area contributed by atoms with Gasteiger partial charge in [-0.2, -0.15) is 0 Å². The Balaban J connectivity index is 2.05. The number of hydrogen-bond donors (Lipinski definition) is 2. The Hall–Kier alpha value is -1.66. The molecule has 1 aromatic carbocycles. The van der Waals surface area contributed by atoms with E-state index in [1.54, 1.807) is 19.2 Å². The fraction of sp³-hybridized carbons (Fsp3) is 0.600. The first-order chi connectivity index (χ1) is 10.1. The summed E-state index contributed by atoms with van der Waals surface area (Å²) in [5.41, 5.74) is 1.63. The number of nitro benzene ring substituents is 1. The van der Waals surface area contributed by atoms with E-state index in [9.17, 15) is 10.1 Å². The van der Waals surface area contributed by atoms with Crippen LogP contribution in [0.25, 0.3) is 0 Å². The molecule has 1 aromatic rings. The molecule has 1 fully saturated rings. The van der Waals surface area contributed by atoms with Gasteiger partial charge in [-0.25, -0.2) is 0 Å². The van der Waals surface area contributed by atoms with Crippen LogP contribution in [-0.2, 0) is 6.54 Å². The zero-order chi connectivity index (χ0) is 15.2. The van der Waals surface area contributed by atoms with Crippen molar-refractivity contribution < 1.29 is 10.0 Å². The molecule has 116 valence electrons. The number of nitro groups is 1. The van der Waals surface area contributed by atoms with Gasteiger partial charge in [-0.05, 0) is 43.4 Å². The molecular formula is C15H23N3O3. The highest BCUT2D eigenvalue weighted by atomic mass is 16.6. The van der Waals surface area contributed by atoms with Crippen LogP contribution < -0.4 is 5.32 Å². The number of likely N-dealkylation sites (tertiary alicyclic amines) is 1. The van der Waals surface area contributed by atoms with Crippen molar-refractivity contribution in [1.29, 1.82) is 0 Å². The SMILES string of the molecule is CNc1ccc(CN2CCCC(CCO)C2)cc1[N+](=O)[O-]. The van der Waals surface area contributed by atoms with Crippen LogP contribution in [0.1, 0.15) is 24.8 Å². The second-order valence-electron chi connectivity index (χ2n) is 5.61. The van der Waals surface area contributed by atoms with Crippen LogP contribution >= 0.6 is 0 Å². The van der Waals surface area contributed by atoms with E-state index in [0.29, 0.717) is 11.6 Å². The molecule has 6 nitrogen and oxygen atoms in total.